The first-order valence-electron chi connectivity index (χ1n) is 13.7. The number of morpholine rings is 1. The number of aromatic nitrogens is 3. The lowest BCUT2D eigenvalue weighted by molar-refractivity contribution is 0.122. The fraction of sp³-hybridized carbons (Fsp3) is 0.400. The van der Waals surface area contributed by atoms with Crippen molar-refractivity contribution in [1.82, 2.24) is 24.3 Å². The van der Waals surface area contributed by atoms with E-state index in [-0.39, 0.29) is 0 Å². The van der Waals surface area contributed by atoms with Gasteiger partial charge in [0.25, 0.3) is 0 Å². The van der Waals surface area contributed by atoms with Gasteiger partial charge < -0.3 is 24.4 Å². The van der Waals surface area contributed by atoms with Crippen LogP contribution in [0.2, 0.25) is 0 Å². The molecule has 0 bridgehead atoms. The number of anilines is 3. The molecule has 2 aromatic heterocycles. The summed E-state index contributed by atoms with van der Waals surface area (Å²) in [7, 11) is 0. The number of likely N-dealkylation sites (N-methyl/N-ethyl adjacent to an activating group) is 1. The molecule has 38 heavy (non-hydrogen) atoms. The lowest BCUT2D eigenvalue weighted by Crippen LogP contribution is -2.45. The molecule has 4 aromatic rings. The standard InChI is InChI=1S/C30H37N7O/c1-3-34-12-14-35(15-13-34)22-25-20-26(5-4-23(25)2)32-30-31-21-24-10-11-37(29(24)33-30)28-8-6-27(7-9-28)36-16-18-38-19-17-36/h4-11,20-21H,3,12-19,22H2,1-2H3,(H,31,32,33). The van der Waals surface area contributed by atoms with Gasteiger partial charge in [-0.1, -0.05) is 13.0 Å². The second-order valence-electron chi connectivity index (χ2n) is 10.3. The molecule has 8 nitrogen and oxygen atoms in total. The van der Waals surface area contributed by atoms with E-state index in [9.17, 15) is 0 Å². The van der Waals surface area contributed by atoms with E-state index in [0.29, 0.717) is 5.95 Å². The van der Waals surface area contributed by atoms with Crippen molar-refractivity contribution in [2.75, 3.05) is 69.2 Å². The molecule has 0 spiro atoms. The summed E-state index contributed by atoms with van der Waals surface area (Å²) in [5.41, 5.74) is 6.90. The number of nitrogens with one attached hydrogen (secondary N) is 1. The van der Waals surface area contributed by atoms with Crippen LogP contribution in [0, 0.1) is 6.92 Å². The molecule has 198 valence electrons. The lowest BCUT2D eigenvalue weighted by atomic mass is 10.1. The van der Waals surface area contributed by atoms with E-state index in [1.165, 1.54) is 16.8 Å². The Morgan fingerprint density at radius 3 is 2.37 bits per heavy atom. The van der Waals surface area contributed by atoms with Crippen LogP contribution >= 0.6 is 0 Å². The van der Waals surface area contributed by atoms with E-state index in [0.717, 1.165) is 88.0 Å². The maximum atomic E-state index is 5.49. The summed E-state index contributed by atoms with van der Waals surface area (Å²) in [5.74, 6) is 0.605. The third-order valence-electron chi connectivity index (χ3n) is 7.84. The number of aryl methyl sites for hydroxylation is 1. The lowest BCUT2D eigenvalue weighted by Gasteiger charge is -2.34. The van der Waals surface area contributed by atoms with Crippen LogP contribution in [0.1, 0.15) is 18.1 Å². The van der Waals surface area contributed by atoms with Crippen LogP contribution in [0.5, 0.6) is 0 Å². The maximum Gasteiger partial charge on any atom is 0.229 e. The highest BCUT2D eigenvalue weighted by molar-refractivity contribution is 5.79. The first-order chi connectivity index (χ1) is 18.7. The summed E-state index contributed by atoms with van der Waals surface area (Å²) in [5, 5.41) is 4.47. The number of nitrogens with zero attached hydrogens (tertiary/aromatic N) is 6. The Labute approximate surface area is 224 Å². The van der Waals surface area contributed by atoms with Gasteiger partial charge in [0.05, 0.1) is 13.2 Å². The summed E-state index contributed by atoms with van der Waals surface area (Å²) in [6.45, 7) is 14.5. The number of hydrogen-bond donors (Lipinski definition) is 1. The molecule has 1 N–H and O–H groups in total. The van der Waals surface area contributed by atoms with Crippen LogP contribution in [-0.2, 0) is 11.3 Å². The summed E-state index contributed by atoms with van der Waals surface area (Å²) in [4.78, 5) is 16.9. The van der Waals surface area contributed by atoms with Gasteiger partial charge in [0.1, 0.15) is 5.65 Å². The van der Waals surface area contributed by atoms with Crippen molar-refractivity contribution < 1.29 is 4.74 Å². The monoisotopic (exact) mass is 511 g/mol. The molecule has 0 saturated carbocycles. The summed E-state index contributed by atoms with van der Waals surface area (Å²) in [6.07, 6.45) is 3.96. The zero-order valence-electron chi connectivity index (χ0n) is 22.4. The number of fused-ring (bicyclic) bond motifs is 1. The maximum absolute atomic E-state index is 5.49. The average molecular weight is 512 g/mol. The summed E-state index contributed by atoms with van der Waals surface area (Å²) >= 11 is 0. The normalized spacial score (nSPS) is 17.3. The van der Waals surface area contributed by atoms with E-state index in [4.69, 9.17) is 9.72 Å². The second-order valence-corrected chi connectivity index (χ2v) is 10.3. The third-order valence-corrected chi connectivity index (χ3v) is 7.84. The van der Waals surface area contributed by atoms with Gasteiger partial charge in [-0.3, -0.25) is 4.90 Å². The molecule has 2 aliphatic rings. The van der Waals surface area contributed by atoms with E-state index in [2.05, 4.69) is 98.1 Å². The minimum atomic E-state index is 0.605. The first-order valence-corrected chi connectivity index (χ1v) is 13.7. The molecule has 8 heteroatoms. The number of ether oxygens (including phenoxy) is 1. The van der Waals surface area contributed by atoms with Gasteiger partial charge in [-0.05, 0) is 67.1 Å². The number of piperazine rings is 1. The largest absolute Gasteiger partial charge is 0.378 e. The number of hydrogen-bond acceptors (Lipinski definition) is 7. The van der Waals surface area contributed by atoms with Crippen LogP contribution < -0.4 is 10.2 Å². The van der Waals surface area contributed by atoms with Crippen molar-refractivity contribution in [3.05, 3.63) is 72.1 Å². The molecule has 0 amide bonds. The van der Waals surface area contributed by atoms with Crippen molar-refractivity contribution in [3.63, 3.8) is 0 Å². The van der Waals surface area contributed by atoms with Crippen molar-refractivity contribution in [1.29, 1.82) is 0 Å². The molecule has 2 aromatic carbocycles. The molecule has 6 rings (SSSR count). The highest BCUT2D eigenvalue weighted by Gasteiger charge is 2.17. The van der Waals surface area contributed by atoms with Crippen molar-refractivity contribution >= 4 is 28.4 Å². The van der Waals surface area contributed by atoms with Crippen LogP contribution in [0.15, 0.2) is 60.9 Å². The predicted molar refractivity (Wildman–Crippen MR) is 154 cm³/mol. The van der Waals surface area contributed by atoms with E-state index < -0.39 is 0 Å². The Balaban J connectivity index is 1.19. The molecule has 0 radical (unpaired) electrons. The SMILES string of the molecule is CCN1CCN(Cc2cc(Nc3ncc4ccn(-c5ccc(N6CCOCC6)cc5)c4n3)ccc2C)CC1. The van der Waals surface area contributed by atoms with Gasteiger partial charge in [0, 0.05) is 80.7 Å². The van der Waals surface area contributed by atoms with Crippen molar-refractivity contribution in [3.8, 4) is 5.69 Å². The molecule has 0 aliphatic carbocycles. The van der Waals surface area contributed by atoms with Crippen LogP contribution in [0.25, 0.3) is 16.7 Å². The van der Waals surface area contributed by atoms with Gasteiger partial charge >= 0.3 is 0 Å². The summed E-state index contributed by atoms with van der Waals surface area (Å²) in [6, 6.07) is 17.3. The van der Waals surface area contributed by atoms with Gasteiger partial charge in [0.2, 0.25) is 5.95 Å². The van der Waals surface area contributed by atoms with E-state index in [1.54, 1.807) is 0 Å². The Bertz CT molecular complexity index is 1370. The molecule has 0 unspecified atom stereocenters. The number of rotatable bonds is 7. The number of benzene rings is 2. The van der Waals surface area contributed by atoms with Crippen molar-refractivity contribution in [2.24, 2.45) is 0 Å². The highest BCUT2D eigenvalue weighted by atomic mass is 16.5. The average Bonchev–Trinajstić information content (AvgIpc) is 3.39. The fourth-order valence-corrected chi connectivity index (χ4v) is 5.39. The van der Waals surface area contributed by atoms with Crippen LogP contribution in [-0.4, -0.2) is 83.4 Å². The predicted octanol–water partition coefficient (Wildman–Crippen LogP) is 4.45. The minimum absolute atomic E-state index is 0.605. The zero-order chi connectivity index (χ0) is 25.9. The van der Waals surface area contributed by atoms with Gasteiger partial charge in [-0.25, -0.2) is 4.98 Å². The van der Waals surface area contributed by atoms with Gasteiger partial charge in [-0.15, -0.1) is 0 Å². The fourth-order valence-electron chi connectivity index (χ4n) is 5.39. The molecule has 2 saturated heterocycles. The quantitative estimate of drug-likeness (QED) is 0.393. The molecule has 2 aliphatic heterocycles. The van der Waals surface area contributed by atoms with E-state index >= 15 is 0 Å². The van der Waals surface area contributed by atoms with Gasteiger partial charge in [0.15, 0.2) is 0 Å². The second kappa shape index (κ2) is 11.1. The Morgan fingerprint density at radius 1 is 0.868 bits per heavy atom. The zero-order valence-corrected chi connectivity index (χ0v) is 22.4. The Morgan fingerprint density at radius 2 is 1.61 bits per heavy atom. The molecule has 2 fully saturated rings. The molecular formula is C30H37N7O. The van der Waals surface area contributed by atoms with Gasteiger partial charge in [-0.2, -0.15) is 4.98 Å². The highest BCUT2D eigenvalue weighted by Crippen LogP contribution is 2.25. The van der Waals surface area contributed by atoms with Crippen LogP contribution in [0.4, 0.5) is 17.3 Å². The minimum Gasteiger partial charge on any atom is -0.378 e. The molecular weight excluding hydrogens is 474 g/mol. The topological polar surface area (TPSA) is 61.7 Å². The smallest absolute Gasteiger partial charge is 0.229 e. The summed E-state index contributed by atoms with van der Waals surface area (Å²) < 4.78 is 7.62. The molecule has 0 atom stereocenters. The Hall–Kier alpha value is -3.46. The van der Waals surface area contributed by atoms with Crippen molar-refractivity contribution in [2.45, 2.75) is 20.4 Å². The Kier molecular flexibility index (Phi) is 7.27. The third kappa shape index (κ3) is 5.38. The van der Waals surface area contributed by atoms with E-state index in [1.807, 2.05) is 6.20 Å². The first kappa shape index (κ1) is 24.9. The molecule has 4 heterocycles. The van der Waals surface area contributed by atoms with Crippen LogP contribution in [0.3, 0.4) is 0 Å².